The molecule has 0 spiro atoms. The fraction of sp³-hybridized carbons (Fsp3) is 0.379. The Bertz CT molecular complexity index is 2800. The lowest BCUT2D eigenvalue weighted by Crippen LogP contribution is -2.45. The number of fused-ring (bicyclic) bond motifs is 2. The first-order valence-electron chi connectivity index (χ1n) is 24.5. The summed E-state index contributed by atoms with van der Waals surface area (Å²) < 4.78 is 9.18. The first-order chi connectivity index (χ1) is 33.0. The van der Waals surface area contributed by atoms with E-state index < -0.39 is 16.8 Å². The predicted octanol–water partition coefficient (Wildman–Crippen LogP) is 10.4. The number of pyridine rings is 2. The van der Waals surface area contributed by atoms with Crippen LogP contribution < -0.4 is 11.1 Å². The number of carbonyl (C=O) groups excluding carboxylic acids is 1. The third-order valence-electron chi connectivity index (χ3n) is 14.1. The summed E-state index contributed by atoms with van der Waals surface area (Å²) in [5.41, 5.74) is 5.30. The Kier molecular flexibility index (Phi) is 17.2. The number of carbonyl (C=O) groups is 2. The maximum atomic E-state index is 13.1. The van der Waals surface area contributed by atoms with Gasteiger partial charge in [0.1, 0.15) is 0 Å². The number of aliphatic carboxylic acids is 1. The molecule has 0 aliphatic carbocycles. The van der Waals surface area contributed by atoms with E-state index in [9.17, 15) is 24.3 Å². The minimum absolute atomic E-state index is 0.00769. The standard InChI is InChI=1S/C30H36N2O3.C28H32N2O3/c1-3-35-29(34)30(17-21-31(22-18-30)19-7-11-25-9-5-4-6-10-25)16-8-20-32-27-23-24(2)12-13-26(27)14-15-28(32)33;1-22-10-11-24-12-13-26(31)30(25(24)21-22)18-6-14-28(27(32)33)15-19-29(20-16-28)17-5-9-23-7-3-2-4-8-23/h4-7,9-15,23H,3,8,16-22H2,1-2H3;2-5,7-13,21H,6,14-20H2,1H3,(H,32,33)/b11-7+;9-5+. The molecule has 10 heteroatoms. The van der Waals surface area contributed by atoms with Gasteiger partial charge in [0.2, 0.25) is 0 Å². The highest BCUT2D eigenvalue weighted by atomic mass is 16.5. The molecule has 2 aliphatic heterocycles. The van der Waals surface area contributed by atoms with Gasteiger partial charge in [-0.2, -0.15) is 0 Å². The predicted molar refractivity (Wildman–Crippen MR) is 276 cm³/mol. The number of rotatable bonds is 17. The average molecular weight is 917 g/mol. The molecule has 10 nitrogen and oxygen atoms in total. The largest absolute Gasteiger partial charge is 0.481 e. The molecule has 0 saturated carbocycles. The van der Waals surface area contributed by atoms with Crippen molar-refractivity contribution in [2.24, 2.45) is 10.8 Å². The number of carboxylic acids is 1. The van der Waals surface area contributed by atoms with Crippen molar-refractivity contribution in [2.75, 3.05) is 45.9 Å². The van der Waals surface area contributed by atoms with E-state index in [1.165, 1.54) is 11.1 Å². The van der Waals surface area contributed by atoms with E-state index >= 15 is 0 Å². The molecule has 356 valence electrons. The van der Waals surface area contributed by atoms with E-state index in [2.05, 4.69) is 76.6 Å². The molecule has 2 aliphatic rings. The molecule has 4 aromatic carbocycles. The van der Waals surface area contributed by atoms with Crippen LogP contribution in [0.2, 0.25) is 0 Å². The monoisotopic (exact) mass is 917 g/mol. The van der Waals surface area contributed by atoms with E-state index in [1.54, 1.807) is 16.7 Å². The van der Waals surface area contributed by atoms with E-state index in [4.69, 9.17) is 4.74 Å². The fourth-order valence-electron chi connectivity index (χ4n) is 9.95. The van der Waals surface area contributed by atoms with Crippen molar-refractivity contribution in [1.82, 2.24) is 18.9 Å². The third kappa shape index (κ3) is 12.8. The fourth-order valence-corrected chi connectivity index (χ4v) is 9.95. The molecular weight excluding hydrogens is 849 g/mol. The van der Waals surface area contributed by atoms with Gasteiger partial charge in [-0.1, -0.05) is 109 Å². The Morgan fingerprint density at radius 1 is 0.588 bits per heavy atom. The lowest BCUT2D eigenvalue weighted by Gasteiger charge is -2.39. The second kappa shape index (κ2) is 23.6. The quantitative estimate of drug-likeness (QED) is 0.0900. The van der Waals surface area contributed by atoms with Crippen LogP contribution in [0.4, 0.5) is 0 Å². The van der Waals surface area contributed by atoms with Crippen molar-refractivity contribution in [1.29, 1.82) is 0 Å². The van der Waals surface area contributed by atoms with Crippen LogP contribution in [0.25, 0.3) is 34.0 Å². The highest BCUT2D eigenvalue weighted by Gasteiger charge is 2.42. The molecule has 2 fully saturated rings. The van der Waals surface area contributed by atoms with Gasteiger partial charge in [0.05, 0.1) is 28.5 Å². The van der Waals surface area contributed by atoms with Crippen molar-refractivity contribution < 1.29 is 19.4 Å². The van der Waals surface area contributed by atoms with Crippen molar-refractivity contribution in [2.45, 2.75) is 85.2 Å². The third-order valence-corrected chi connectivity index (χ3v) is 14.1. The van der Waals surface area contributed by atoms with Gasteiger partial charge < -0.3 is 19.0 Å². The summed E-state index contributed by atoms with van der Waals surface area (Å²) in [7, 11) is 0. The molecule has 0 radical (unpaired) electrons. The summed E-state index contributed by atoms with van der Waals surface area (Å²) in [6.45, 7) is 12.5. The summed E-state index contributed by atoms with van der Waals surface area (Å²) >= 11 is 0. The topological polar surface area (TPSA) is 114 Å². The van der Waals surface area contributed by atoms with Gasteiger partial charge in [0, 0.05) is 38.3 Å². The van der Waals surface area contributed by atoms with Crippen LogP contribution in [-0.2, 0) is 27.4 Å². The summed E-state index contributed by atoms with van der Waals surface area (Å²) in [5, 5.41) is 12.2. The Morgan fingerprint density at radius 3 is 1.43 bits per heavy atom. The van der Waals surface area contributed by atoms with E-state index in [0.29, 0.717) is 45.4 Å². The van der Waals surface area contributed by atoms with Crippen molar-refractivity contribution in [3.8, 4) is 0 Å². The van der Waals surface area contributed by atoms with E-state index in [1.807, 2.05) is 92.1 Å². The number of hydrogen-bond acceptors (Lipinski definition) is 7. The molecule has 0 bridgehead atoms. The number of hydrogen-bond donors (Lipinski definition) is 1. The summed E-state index contributed by atoms with van der Waals surface area (Å²) in [5.74, 6) is -0.788. The summed E-state index contributed by atoms with van der Waals surface area (Å²) in [6.07, 6.45) is 14.2. The van der Waals surface area contributed by atoms with Gasteiger partial charge >= 0.3 is 11.9 Å². The summed E-state index contributed by atoms with van der Waals surface area (Å²) in [6, 6.07) is 39.8. The van der Waals surface area contributed by atoms with Crippen LogP contribution in [0.1, 0.15) is 80.5 Å². The molecule has 68 heavy (non-hydrogen) atoms. The number of esters is 1. The first kappa shape index (κ1) is 49.5. The number of aryl methyl sites for hydroxylation is 4. The normalized spacial score (nSPS) is 16.2. The number of likely N-dealkylation sites (tertiary alicyclic amines) is 2. The Balaban J connectivity index is 0.000000202. The maximum absolute atomic E-state index is 13.1. The van der Waals surface area contributed by atoms with Gasteiger partial charge in [-0.3, -0.25) is 29.0 Å². The molecule has 0 amide bonds. The number of nitrogens with zero attached hydrogens (tertiary/aromatic N) is 4. The minimum Gasteiger partial charge on any atom is -0.481 e. The molecule has 8 rings (SSSR count). The molecule has 2 aromatic heterocycles. The molecule has 0 atom stereocenters. The van der Waals surface area contributed by atoms with Crippen LogP contribution in [-0.4, -0.2) is 81.9 Å². The van der Waals surface area contributed by atoms with Crippen LogP contribution in [0.15, 0.2) is 143 Å². The average Bonchev–Trinajstić information content (AvgIpc) is 3.35. The van der Waals surface area contributed by atoms with Gasteiger partial charge in [-0.15, -0.1) is 0 Å². The van der Waals surface area contributed by atoms with Crippen LogP contribution in [0, 0.1) is 24.7 Å². The number of piperidine rings is 2. The van der Waals surface area contributed by atoms with Crippen molar-refractivity contribution >= 4 is 45.9 Å². The molecule has 4 heterocycles. The number of benzene rings is 4. The minimum atomic E-state index is -0.705. The highest BCUT2D eigenvalue weighted by Crippen LogP contribution is 2.39. The van der Waals surface area contributed by atoms with Crippen LogP contribution in [0.3, 0.4) is 0 Å². The number of ether oxygens (including phenoxy) is 1. The van der Waals surface area contributed by atoms with Gasteiger partial charge in [-0.05, 0) is 156 Å². The SMILES string of the molecule is CCOC(=O)C1(CCCn2c(=O)ccc3ccc(C)cc32)CCN(C/C=C/c2ccccc2)CC1.Cc1ccc2ccc(=O)n(CCCC3(C(=O)O)CCN(C/C=C/c4ccccc4)CC3)c2c1. The number of carboxylic acid groups (broad SMARTS) is 1. The zero-order valence-electron chi connectivity index (χ0n) is 40.2. The Morgan fingerprint density at radius 2 is 1.00 bits per heavy atom. The zero-order chi connectivity index (χ0) is 47.9. The molecule has 6 aromatic rings. The van der Waals surface area contributed by atoms with E-state index in [0.717, 1.165) is 97.9 Å². The Hall–Kier alpha value is -6.36. The first-order valence-corrected chi connectivity index (χ1v) is 24.5. The van der Waals surface area contributed by atoms with E-state index in [-0.39, 0.29) is 17.1 Å². The Labute approximate surface area is 401 Å². The lowest BCUT2D eigenvalue weighted by molar-refractivity contribution is -0.159. The van der Waals surface area contributed by atoms with Gasteiger partial charge in [-0.25, -0.2) is 0 Å². The molecule has 1 N–H and O–H groups in total. The maximum Gasteiger partial charge on any atom is 0.312 e. The zero-order valence-corrected chi connectivity index (χ0v) is 40.2. The highest BCUT2D eigenvalue weighted by molar-refractivity contribution is 5.81. The molecule has 0 unspecified atom stereocenters. The second-order valence-corrected chi connectivity index (χ2v) is 18.8. The van der Waals surface area contributed by atoms with Crippen molar-refractivity contribution in [3.05, 3.63) is 176 Å². The van der Waals surface area contributed by atoms with Crippen molar-refractivity contribution in [3.63, 3.8) is 0 Å². The molecular formula is C58H68N4O6. The second-order valence-electron chi connectivity index (χ2n) is 18.8. The van der Waals surface area contributed by atoms with Gasteiger partial charge in [0.15, 0.2) is 0 Å². The molecule has 2 saturated heterocycles. The van der Waals surface area contributed by atoms with Crippen LogP contribution >= 0.6 is 0 Å². The summed E-state index contributed by atoms with van der Waals surface area (Å²) in [4.78, 5) is 55.2. The lowest BCUT2D eigenvalue weighted by atomic mass is 9.74. The smallest absolute Gasteiger partial charge is 0.312 e. The number of aromatic nitrogens is 2. The van der Waals surface area contributed by atoms with Crippen LogP contribution in [0.5, 0.6) is 0 Å². The van der Waals surface area contributed by atoms with Gasteiger partial charge in [0.25, 0.3) is 11.1 Å².